The molecule has 0 aromatic rings. The first kappa shape index (κ1) is 22.8. The molecule has 0 amide bonds. The minimum atomic E-state index is -0.554. The molecule has 0 heterocycles. The fraction of sp³-hybridized carbons (Fsp3) is 0.778. The van der Waals surface area contributed by atoms with Crippen LogP contribution in [-0.2, 0) is 0 Å². The molecule has 3 rings (SSSR count). The van der Waals surface area contributed by atoms with Gasteiger partial charge in [-0.1, -0.05) is 63.5 Å². The normalized spacial score (nSPS) is 37.9. The smallest absolute Gasteiger partial charge is 0.0653 e. The summed E-state index contributed by atoms with van der Waals surface area (Å²) >= 11 is 0. The van der Waals surface area contributed by atoms with E-state index in [9.17, 15) is 10.2 Å². The monoisotopic (exact) mass is 400 g/mol. The van der Waals surface area contributed by atoms with Gasteiger partial charge in [-0.05, 0) is 93.5 Å². The molecule has 1 unspecified atom stereocenters. The van der Waals surface area contributed by atoms with Crippen molar-refractivity contribution in [2.45, 2.75) is 110 Å². The molecule has 3 saturated carbocycles. The summed E-state index contributed by atoms with van der Waals surface area (Å²) in [6, 6.07) is 0. The fourth-order valence-electron chi connectivity index (χ4n) is 6.70. The number of hydrogen-bond acceptors (Lipinski definition) is 2. The second-order valence-electron chi connectivity index (χ2n) is 11.1. The molecule has 5 atom stereocenters. The van der Waals surface area contributed by atoms with E-state index in [1.54, 1.807) is 5.57 Å². The molecule has 0 saturated heterocycles. The van der Waals surface area contributed by atoms with Gasteiger partial charge in [0.25, 0.3) is 0 Å². The zero-order valence-electron chi connectivity index (χ0n) is 19.3. The van der Waals surface area contributed by atoms with Gasteiger partial charge in [0, 0.05) is 0 Å². The Bertz CT molecular complexity index is 653. The van der Waals surface area contributed by atoms with E-state index >= 15 is 0 Å². The molecule has 0 spiro atoms. The third-order valence-electron chi connectivity index (χ3n) is 8.37. The zero-order valence-corrected chi connectivity index (χ0v) is 19.3. The number of allylic oxidation sites excluding steroid dienone is 4. The molecule has 0 bridgehead atoms. The van der Waals surface area contributed by atoms with Crippen LogP contribution in [0.3, 0.4) is 0 Å². The van der Waals surface area contributed by atoms with Gasteiger partial charge < -0.3 is 10.2 Å². The molecule has 164 valence electrons. The largest absolute Gasteiger partial charge is 0.393 e. The number of rotatable bonds is 6. The van der Waals surface area contributed by atoms with E-state index in [1.807, 2.05) is 0 Å². The highest BCUT2D eigenvalue weighted by Gasteiger charge is 2.54. The average molecular weight is 401 g/mol. The second kappa shape index (κ2) is 9.10. The summed E-state index contributed by atoms with van der Waals surface area (Å²) in [5, 5.41) is 21.5. The predicted octanol–water partition coefficient (Wildman–Crippen LogP) is 6.73. The van der Waals surface area contributed by atoms with Gasteiger partial charge >= 0.3 is 0 Å². The first-order valence-corrected chi connectivity index (χ1v) is 12.1. The molecule has 29 heavy (non-hydrogen) atoms. The third kappa shape index (κ3) is 5.07. The molecule has 2 heteroatoms. The van der Waals surface area contributed by atoms with E-state index in [0.717, 1.165) is 38.5 Å². The van der Waals surface area contributed by atoms with Gasteiger partial charge in [0.2, 0.25) is 0 Å². The maximum absolute atomic E-state index is 11.4. The summed E-state index contributed by atoms with van der Waals surface area (Å²) in [5.74, 6) is 1.70. The van der Waals surface area contributed by atoms with Crippen molar-refractivity contribution in [3.05, 3.63) is 35.5 Å². The predicted molar refractivity (Wildman–Crippen MR) is 123 cm³/mol. The van der Waals surface area contributed by atoms with Gasteiger partial charge in [-0.25, -0.2) is 0 Å². The van der Waals surface area contributed by atoms with E-state index in [0.29, 0.717) is 17.8 Å². The maximum Gasteiger partial charge on any atom is 0.0653 e. The number of fused-ring (bicyclic) bond motifs is 1. The number of aliphatic hydroxyl groups excluding tert-OH is 1. The molecular formula is C27H44O2. The van der Waals surface area contributed by atoms with Gasteiger partial charge in [0.05, 0.1) is 11.7 Å². The highest BCUT2D eigenvalue weighted by Crippen LogP contribution is 2.60. The standard InChI is InChI=1S/C27H44O2/c1-19(2)8-6-17-27(5,29)25-15-14-24-21(9-7-16-26(24,25)4)11-12-22-18-23(28)13-10-20(22)3/h11-12,19,23-25,28-29H,3,6-10,13-18H2,1-2,4-5H3/t23-,24?,25-,26-,27-/m0/s1. The third-order valence-corrected chi connectivity index (χ3v) is 8.37. The van der Waals surface area contributed by atoms with E-state index in [2.05, 4.69) is 46.4 Å². The van der Waals surface area contributed by atoms with Crippen LogP contribution in [0, 0.1) is 23.2 Å². The quantitative estimate of drug-likeness (QED) is 0.518. The van der Waals surface area contributed by atoms with Crippen LogP contribution in [0.4, 0.5) is 0 Å². The Morgan fingerprint density at radius 3 is 2.69 bits per heavy atom. The summed E-state index contributed by atoms with van der Waals surface area (Å²) in [7, 11) is 0. The molecule has 3 fully saturated rings. The molecule has 0 aromatic heterocycles. The number of hydrogen-bond donors (Lipinski definition) is 2. The summed E-state index contributed by atoms with van der Waals surface area (Å²) in [6.07, 6.45) is 16.2. The van der Waals surface area contributed by atoms with Gasteiger partial charge in [0.1, 0.15) is 0 Å². The summed E-state index contributed by atoms with van der Waals surface area (Å²) in [6.45, 7) is 13.3. The lowest BCUT2D eigenvalue weighted by atomic mass is 9.59. The molecule has 2 N–H and O–H groups in total. The molecule has 3 aliphatic rings. The Morgan fingerprint density at radius 1 is 1.21 bits per heavy atom. The first-order chi connectivity index (χ1) is 13.6. The maximum atomic E-state index is 11.4. The topological polar surface area (TPSA) is 40.5 Å². The average Bonchev–Trinajstić information content (AvgIpc) is 3.00. The fourth-order valence-corrected chi connectivity index (χ4v) is 6.70. The van der Waals surface area contributed by atoms with Gasteiger partial charge in [0.15, 0.2) is 0 Å². The van der Waals surface area contributed by atoms with Crippen molar-refractivity contribution in [3.8, 4) is 0 Å². The Kier molecular flexibility index (Phi) is 7.16. The summed E-state index contributed by atoms with van der Waals surface area (Å²) in [4.78, 5) is 0. The van der Waals surface area contributed by atoms with Crippen LogP contribution in [0.5, 0.6) is 0 Å². The molecular weight excluding hydrogens is 356 g/mol. The van der Waals surface area contributed by atoms with Crippen molar-refractivity contribution in [2.75, 3.05) is 0 Å². The minimum Gasteiger partial charge on any atom is -0.393 e. The second-order valence-corrected chi connectivity index (χ2v) is 11.1. The highest BCUT2D eigenvalue weighted by molar-refractivity contribution is 5.36. The minimum absolute atomic E-state index is 0.210. The SMILES string of the molecule is C=C1CC[C@H](O)CC1=CC=C1CCC[C@@]2(C)C1CC[C@@H]2[C@@](C)(O)CCCC(C)C. The lowest BCUT2D eigenvalue weighted by Gasteiger charge is -2.47. The van der Waals surface area contributed by atoms with Crippen molar-refractivity contribution < 1.29 is 10.2 Å². The van der Waals surface area contributed by atoms with Crippen LogP contribution >= 0.6 is 0 Å². The van der Waals surface area contributed by atoms with Crippen molar-refractivity contribution in [3.63, 3.8) is 0 Å². The number of aliphatic hydroxyl groups is 2. The summed E-state index contributed by atoms with van der Waals surface area (Å²) < 4.78 is 0. The molecule has 2 nitrogen and oxygen atoms in total. The van der Waals surface area contributed by atoms with Crippen molar-refractivity contribution >= 4 is 0 Å². The Labute approximate surface area is 179 Å². The van der Waals surface area contributed by atoms with E-state index < -0.39 is 5.60 Å². The van der Waals surface area contributed by atoms with Gasteiger partial charge in [-0.2, -0.15) is 0 Å². The van der Waals surface area contributed by atoms with E-state index in [1.165, 1.54) is 43.3 Å². The van der Waals surface area contributed by atoms with Crippen LogP contribution < -0.4 is 0 Å². The highest BCUT2D eigenvalue weighted by atomic mass is 16.3. The van der Waals surface area contributed by atoms with Gasteiger partial charge in [-0.3, -0.25) is 0 Å². The van der Waals surface area contributed by atoms with E-state index in [4.69, 9.17) is 0 Å². The molecule has 3 aliphatic carbocycles. The summed E-state index contributed by atoms with van der Waals surface area (Å²) in [5.41, 5.74) is 3.66. The Balaban J connectivity index is 1.75. The van der Waals surface area contributed by atoms with Crippen LogP contribution in [-0.4, -0.2) is 21.9 Å². The first-order valence-electron chi connectivity index (χ1n) is 12.1. The molecule has 0 aliphatic heterocycles. The molecule has 0 radical (unpaired) electrons. The van der Waals surface area contributed by atoms with E-state index in [-0.39, 0.29) is 11.5 Å². The van der Waals surface area contributed by atoms with Crippen molar-refractivity contribution in [1.29, 1.82) is 0 Å². The van der Waals surface area contributed by atoms with Crippen molar-refractivity contribution in [1.82, 2.24) is 0 Å². The lowest BCUT2D eigenvalue weighted by molar-refractivity contribution is -0.0657. The van der Waals surface area contributed by atoms with Crippen LogP contribution in [0.15, 0.2) is 35.5 Å². The lowest BCUT2D eigenvalue weighted by Crippen LogP contribution is -2.45. The Hall–Kier alpha value is -0.860. The molecule has 0 aromatic carbocycles. The van der Waals surface area contributed by atoms with Gasteiger partial charge in [-0.15, -0.1) is 0 Å². The van der Waals surface area contributed by atoms with Crippen LogP contribution in [0.1, 0.15) is 98.3 Å². The Morgan fingerprint density at radius 2 is 1.97 bits per heavy atom. The van der Waals surface area contributed by atoms with Crippen molar-refractivity contribution in [2.24, 2.45) is 23.2 Å². The zero-order chi connectivity index (χ0) is 21.2. The van der Waals surface area contributed by atoms with Crippen LogP contribution in [0.2, 0.25) is 0 Å². The van der Waals surface area contributed by atoms with Crippen LogP contribution in [0.25, 0.3) is 0 Å².